The third-order valence-electron chi connectivity index (χ3n) is 5.20. The summed E-state index contributed by atoms with van der Waals surface area (Å²) in [6.45, 7) is 4.44. The maximum absolute atomic E-state index is 10.5. The van der Waals surface area contributed by atoms with Crippen molar-refractivity contribution in [2.75, 3.05) is 13.4 Å². The molecule has 6 heteroatoms. The number of hydrogen-bond donors (Lipinski definition) is 2. The molecule has 0 bridgehead atoms. The molecule has 2 N–H and O–H groups in total. The molecule has 3 heterocycles. The zero-order chi connectivity index (χ0) is 18.8. The topological polar surface area (TPSA) is 77.4 Å². The average molecular weight is 368 g/mol. The largest absolute Gasteiger partial charge is 0.508 e. The first-order valence-electron chi connectivity index (χ1n) is 8.94. The number of ether oxygens (including phenoxy) is 4. The first-order chi connectivity index (χ1) is 12.9. The molecule has 0 saturated heterocycles. The fourth-order valence-electron chi connectivity index (χ4n) is 3.85. The summed E-state index contributed by atoms with van der Waals surface area (Å²) in [7, 11) is 0. The van der Waals surface area contributed by atoms with Gasteiger partial charge in [-0.05, 0) is 50.1 Å². The van der Waals surface area contributed by atoms with Crippen molar-refractivity contribution < 1.29 is 29.2 Å². The number of fused-ring (bicyclic) bond motifs is 4. The number of rotatable bonds is 1. The minimum atomic E-state index is -0.478. The summed E-state index contributed by atoms with van der Waals surface area (Å²) in [5, 5.41) is 20.9. The van der Waals surface area contributed by atoms with E-state index in [1.807, 2.05) is 26.0 Å². The van der Waals surface area contributed by atoms with E-state index in [1.165, 1.54) is 0 Å². The lowest BCUT2D eigenvalue weighted by Gasteiger charge is -2.33. The van der Waals surface area contributed by atoms with E-state index >= 15 is 0 Å². The van der Waals surface area contributed by atoms with E-state index in [0.29, 0.717) is 30.3 Å². The number of aromatic hydroxyl groups is 2. The van der Waals surface area contributed by atoms with Crippen molar-refractivity contribution in [3.8, 4) is 34.5 Å². The number of phenols is 2. The Morgan fingerprint density at radius 1 is 0.963 bits per heavy atom. The van der Waals surface area contributed by atoms with E-state index in [1.54, 1.807) is 18.2 Å². The molecule has 6 nitrogen and oxygen atoms in total. The van der Waals surface area contributed by atoms with Crippen molar-refractivity contribution in [1.82, 2.24) is 0 Å². The first-order valence-corrected chi connectivity index (χ1v) is 8.94. The molecule has 2 aromatic carbocycles. The van der Waals surface area contributed by atoms with Gasteiger partial charge in [-0.25, -0.2) is 0 Å². The Morgan fingerprint density at radius 2 is 1.74 bits per heavy atom. The lowest BCUT2D eigenvalue weighted by atomic mass is 9.87. The van der Waals surface area contributed by atoms with Gasteiger partial charge < -0.3 is 29.2 Å². The third-order valence-corrected chi connectivity index (χ3v) is 5.20. The normalized spacial score (nSPS) is 21.0. The van der Waals surface area contributed by atoms with Gasteiger partial charge in [0.15, 0.2) is 23.0 Å². The van der Waals surface area contributed by atoms with E-state index in [4.69, 9.17) is 18.9 Å². The highest BCUT2D eigenvalue weighted by Gasteiger charge is 2.33. The molecule has 3 aliphatic heterocycles. The van der Waals surface area contributed by atoms with E-state index in [0.717, 1.165) is 22.4 Å². The molecule has 0 radical (unpaired) electrons. The molecule has 5 rings (SSSR count). The molecule has 0 aromatic heterocycles. The van der Waals surface area contributed by atoms with Crippen LogP contribution in [0.1, 0.15) is 36.5 Å². The summed E-state index contributed by atoms with van der Waals surface area (Å²) >= 11 is 0. The number of hydrogen-bond acceptors (Lipinski definition) is 6. The van der Waals surface area contributed by atoms with Crippen LogP contribution in [-0.4, -0.2) is 29.2 Å². The fourth-order valence-corrected chi connectivity index (χ4v) is 3.85. The second kappa shape index (κ2) is 5.49. The van der Waals surface area contributed by atoms with Crippen molar-refractivity contribution in [3.63, 3.8) is 0 Å². The first kappa shape index (κ1) is 16.2. The quantitative estimate of drug-likeness (QED) is 0.799. The Morgan fingerprint density at radius 3 is 2.56 bits per heavy atom. The van der Waals surface area contributed by atoms with Gasteiger partial charge in [-0.1, -0.05) is 0 Å². The van der Waals surface area contributed by atoms with Crippen LogP contribution in [0.15, 0.2) is 24.3 Å². The number of phenolic OH excluding ortho intramolecular Hbond substituents is 2. The number of benzene rings is 2. The molecule has 0 amide bonds. The Kier molecular flexibility index (Phi) is 3.29. The molecule has 0 spiro atoms. The molecular formula is C21H20O6. The van der Waals surface area contributed by atoms with Crippen molar-refractivity contribution in [2.45, 2.75) is 31.8 Å². The predicted molar refractivity (Wildman–Crippen MR) is 98.0 cm³/mol. The summed E-state index contributed by atoms with van der Waals surface area (Å²) in [5.74, 6) is 2.54. The lowest BCUT2D eigenvalue weighted by molar-refractivity contribution is 0.150. The monoisotopic (exact) mass is 368 g/mol. The maximum atomic E-state index is 10.5. The van der Waals surface area contributed by atoms with Crippen LogP contribution < -0.4 is 18.9 Å². The van der Waals surface area contributed by atoms with Gasteiger partial charge in [0.25, 0.3) is 0 Å². The highest BCUT2D eigenvalue weighted by Crippen LogP contribution is 2.49. The smallest absolute Gasteiger partial charge is 0.231 e. The van der Waals surface area contributed by atoms with Gasteiger partial charge in [0.2, 0.25) is 6.79 Å². The van der Waals surface area contributed by atoms with Crippen LogP contribution in [0.5, 0.6) is 34.5 Å². The van der Waals surface area contributed by atoms with E-state index in [2.05, 4.69) is 0 Å². The fraction of sp³-hybridized carbons (Fsp3) is 0.333. The van der Waals surface area contributed by atoms with Crippen LogP contribution >= 0.6 is 0 Å². The Labute approximate surface area is 156 Å². The minimum Gasteiger partial charge on any atom is -0.508 e. The van der Waals surface area contributed by atoms with Gasteiger partial charge in [0.1, 0.15) is 17.1 Å². The molecular weight excluding hydrogens is 348 g/mol. The molecule has 0 fully saturated rings. The zero-order valence-corrected chi connectivity index (χ0v) is 15.1. The van der Waals surface area contributed by atoms with Crippen LogP contribution in [-0.2, 0) is 6.42 Å². The van der Waals surface area contributed by atoms with Crippen molar-refractivity contribution in [3.05, 3.63) is 41.0 Å². The molecule has 1 atom stereocenters. The van der Waals surface area contributed by atoms with Gasteiger partial charge in [-0.3, -0.25) is 0 Å². The summed E-state index contributed by atoms with van der Waals surface area (Å²) in [5.41, 5.74) is 1.91. The van der Waals surface area contributed by atoms with Gasteiger partial charge in [-0.15, -0.1) is 0 Å². The van der Waals surface area contributed by atoms with Crippen molar-refractivity contribution in [2.24, 2.45) is 0 Å². The Bertz CT molecular complexity index is 975. The average Bonchev–Trinajstić information content (AvgIpc) is 3.07. The summed E-state index contributed by atoms with van der Waals surface area (Å²) in [6.07, 6.45) is 4.52. The van der Waals surface area contributed by atoms with Gasteiger partial charge >= 0.3 is 0 Å². The van der Waals surface area contributed by atoms with Crippen LogP contribution in [0.2, 0.25) is 0 Å². The standard InChI is InChI=1S/C21H20O6/c1-21(2)4-3-13-19-11(6-16(23)20(13)27-21)5-12(9-24-19)14-7-17-18(8-15(14)22)26-10-25-17/h3-4,6-8,12,22-23H,5,9-10H2,1-2H3/t12-/m0/s1. The SMILES string of the molecule is CC1(C)C=Cc2c(c(O)cc3c2OC[C@@H](c2cc4c(cc2O)OCO4)C3)O1. The van der Waals surface area contributed by atoms with Gasteiger partial charge in [0, 0.05) is 17.5 Å². The van der Waals surface area contributed by atoms with Crippen molar-refractivity contribution >= 4 is 6.08 Å². The summed E-state index contributed by atoms with van der Waals surface area (Å²) in [6, 6.07) is 5.08. The van der Waals surface area contributed by atoms with Gasteiger partial charge in [-0.2, -0.15) is 0 Å². The molecule has 0 unspecified atom stereocenters. The van der Waals surface area contributed by atoms with Crippen LogP contribution in [0.4, 0.5) is 0 Å². The molecule has 0 saturated carbocycles. The molecule has 3 aliphatic rings. The van der Waals surface area contributed by atoms with Crippen molar-refractivity contribution in [1.29, 1.82) is 0 Å². The van der Waals surface area contributed by atoms with Crippen LogP contribution in [0.25, 0.3) is 6.08 Å². The Balaban J connectivity index is 1.52. The van der Waals surface area contributed by atoms with E-state index in [9.17, 15) is 10.2 Å². The molecule has 27 heavy (non-hydrogen) atoms. The maximum Gasteiger partial charge on any atom is 0.231 e. The predicted octanol–water partition coefficient (Wildman–Crippen LogP) is 3.73. The third kappa shape index (κ3) is 2.55. The zero-order valence-electron chi connectivity index (χ0n) is 15.1. The molecule has 0 aliphatic carbocycles. The lowest BCUT2D eigenvalue weighted by Crippen LogP contribution is -2.28. The summed E-state index contributed by atoms with van der Waals surface area (Å²) < 4.78 is 22.7. The minimum absolute atomic E-state index is 0.0608. The highest BCUT2D eigenvalue weighted by atomic mass is 16.7. The highest BCUT2D eigenvalue weighted by molar-refractivity contribution is 5.73. The van der Waals surface area contributed by atoms with Gasteiger partial charge in [0.05, 0.1) is 12.2 Å². The van der Waals surface area contributed by atoms with E-state index in [-0.39, 0.29) is 24.2 Å². The Hall–Kier alpha value is -3.02. The summed E-state index contributed by atoms with van der Waals surface area (Å²) in [4.78, 5) is 0. The molecule has 140 valence electrons. The molecule has 2 aromatic rings. The van der Waals surface area contributed by atoms with Crippen LogP contribution in [0, 0.1) is 0 Å². The second-order valence-corrected chi connectivity index (χ2v) is 7.64. The van der Waals surface area contributed by atoms with Crippen LogP contribution in [0.3, 0.4) is 0 Å². The van der Waals surface area contributed by atoms with E-state index < -0.39 is 5.60 Å². The second-order valence-electron chi connectivity index (χ2n) is 7.64.